The Hall–Kier alpha value is -4.06. The van der Waals surface area contributed by atoms with Gasteiger partial charge in [0.15, 0.2) is 0 Å². The van der Waals surface area contributed by atoms with Crippen molar-refractivity contribution >= 4 is 16.9 Å². The predicted octanol–water partition coefficient (Wildman–Crippen LogP) is 6.38. The Labute approximate surface area is 197 Å². The minimum Gasteiger partial charge on any atom is -0.489 e. The number of methoxy groups -OCH3 is 1. The summed E-state index contributed by atoms with van der Waals surface area (Å²) >= 11 is 0. The summed E-state index contributed by atoms with van der Waals surface area (Å²) in [5.41, 5.74) is 2.74. The first-order valence-electron chi connectivity index (χ1n) is 11.0. The van der Waals surface area contributed by atoms with Gasteiger partial charge in [-0.3, -0.25) is 4.79 Å². The lowest BCUT2D eigenvalue weighted by atomic mass is 10.0. The van der Waals surface area contributed by atoms with Gasteiger partial charge in [-0.05, 0) is 60.4 Å². The summed E-state index contributed by atoms with van der Waals surface area (Å²) in [6.45, 7) is 6.24. The van der Waals surface area contributed by atoms with E-state index in [1.165, 1.54) is 12.7 Å². The van der Waals surface area contributed by atoms with Gasteiger partial charge in [0.2, 0.25) is 11.2 Å². The Balaban J connectivity index is 1.52. The Morgan fingerprint density at radius 2 is 1.62 bits per heavy atom. The molecule has 4 rings (SSSR count). The fraction of sp³-hybridized carbons (Fsp3) is 0.214. The van der Waals surface area contributed by atoms with E-state index in [2.05, 4.69) is 13.8 Å². The zero-order valence-corrected chi connectivity index (χ0v) is 19.6. The highest BCUT2D eigenvalue weighted by atomic mass is 16.5. The van der Waals surface area contributed by atoms with E-state index in [9.17, 15) is 9.59 Å². The molecule has 6 heteroatoms. The van der Waals surface area contributed by atoms with Crippen molar-refractivity contribution in [1.82, 2.24) is 0 Å². The molecule has 0 unspecified atom stereocenters. The van der Waals surface area contributed by atoms with Gasteiger partial charge >= 0.3 is 5.97 Å². The lowest BCUT2D eigenvalue weighted by Crippen LogP contribution is -2.07. The van der Waals surface area contributed by atoms with Crippen LogP contribution in [0.5, 0.6) is 17.2 Å². The summed E-state index contributed by atoms with van der Waals surface area (Å²) in [6.07, 6.45) is 0. The molecule has 3 aromatic carbocycles. The second-order valence-electron chi connectivity index (χ2n) is 8.28. The topological polar surface area (TPSA) is 75.0 Å². The smallest absolute Gasteiger partial charge is 0.337 e. The van der Waals surface area contributed by atoms with E-state index >= 15 is 0 Å². The molecule has 6 nitrogen and oxygen atoms in total. The molecule has 0 N–H and O–H groups in total. The van der Waals surface area contributed by atoms with Crippen molar-refractivity contribution in [1.29, 1.82) is 0 Å². The molecule has 0 aliphatic carbocycles. The van der Waals surface area contributed by atoms with Crippen molar-refractivity contribution in [3.63, 3.8) is 0 Å². The van der Waals surface area contributed by atoms with Crippen LogP contribution in [0.15, 0.2) is 75.9 Å². The molecule has 174 valence electrons. The average Bonchev–Trinajstić information content (AvgIpc) is 2.85. The van der Waals surface area contributed by atoms with Crippen LogP contribution in [-0.2, 0) is 11.3 Å². The standard InChI is InChI=1S/C28H26O6/c1-17(2)20-9-11-22(12-10-20)34-27-18(3)33-25-15-23(13-14-24(25)26(27)29)32-16-19-5-7-21(8-6-19)28(30)31-4/h5-15,17H,16H2,1-4H3. The second-order valence-corrected chi connectivity index (χ2v) is 8.28. The summed E-state index contributed by atoms with van der Waals surface area (Å²) in [5.74, 6) is 1.73. The van der Waals surface area contributed by atoms with Crippen LogP contribution >= 0.6 is 0 Å². The first-order valence-corrected chi connectivity index (χ1v) is 11.0. The Morgan fingerprint density at radius 3 is 2.26 bits per heavy atom. The Bertz CT molecular complexity index is 1370. The summed E-state index contributed by atoms with van der Waals surface area (Å²) in [6, 6.07) is 19.7. The number of carbonyl (C=O) groups excluding carboxylic acids is 1. The largest absolute Gasteiger partial charge is 0.489 e. The maximum Gasteiger partial charge on any atom is 0.337 e. The van der Waals surface area contributed by atoms with Gasteiger partial charge in [0.1, 0.15) is 29.4 Å². The zero-order valence-electron chi connectivity index (χ0n) is 19.6. The molecule has 1 heterocycles. The summed E-state index contributed by atoms with van der Waals surface area (Å²) in [5, 5.41) is 0.411. The Morgan fingerprint density at radius 1 is 0.941 bits per heavy atom. The molecule has 34 heavy (non-hydrogen) atoms. The van der Waals surface area contributed by atoms with Crippen LogP contribution in [0.2, 0.25) is 0 Å². The lowest BCUT2D eigenvalue weighted by molar-refractivity contribution is 0.0600. The van der Waals surface area contributed by atoms with Gasteiger partial charge in [-0.1, -0.05) is 38.1 Å². The quantitative estimate of drug-likeness (QED) is 0.299. The lowest BCUT2D eigenvalue weighted by Gasteiger charge is -2.11. The molecule has 0 radical (unpaired) electrons. The van der Waals surface area contributed by atoms with Gasteiger partial charge in [0, 0.05) is 6.07 Å². The van der Waals surface area contributed by atoms with Gasteiger partial charge in [-0.15, -0.1) is 0 Å². The van der Waals surface area contributed by atoms with E-state index in [0.717, 1.165) is 5.56 Å². The number of fused-ring (bicyclic) bond motifs is 1. The molecule has 0 spiro atoms. The molecule has 1 aromatic heterocycles. The van der Waals surface area contributed by atoms with Crippen molar-refractivity contribution in [2.75, 3.05) is 7.11 Å². The predicted molar refractivity (Wildman–Crippen MR) is 130 cm³/mol. The summed E-state index contributed by atoms with van der Waals surface area (Å²) in [4.78, 5) is 24.6. The van der Waals surface area contributed by atoms with Gasteiger partial charge < -0.3 is 18.6 Å². The van der Waals surface area contributed by atoms with Crippen molar-refractivity contribution < 1.29 is 23.4 Å². The maximum absolute atomic E-state index is 13.1. The zero-order chi connectivity index (χ0) is 24.2. The van der Waals surface area contributed by atoms with E-state index in [0.29, 0.717) is 46.3 Å². The van der Waals surface area contributed by atoms with Crippen LogP contribution in [0, 0.1) is 6.92 Å². The molecule has 0 amide bonds. The molecule has 0 aliphatic heterocycles. The average molecular weight is 459 g/mol. The summed E-state index contributed by atoms with van der Waals surface area (Å²) < 4.78 is 22.3. The van der Waals surface area contributed by atoms with Crippen LogP contribution in [0.3, 0.4) is 0 Å². The highest BCUT2D eigenvalue weighted by Gasteiger charge is 2.15. The molecular formula is C28H26O6. The fourth-order valence-electron chi connectivity index (χ4n) is 3.54. The number of rotatable bonds is 7. The van der Waals surface area contributed by atoms with E-state index in [4.69, 9.17) is 18.6 Å². The van der Waals surface area contributed by atoms with E-state index in [-0.39, 0.29) is 17.1 Å². The number of benzene rings is 3. The highest BCUT2D eigenvalue weighted by Crippen LogP contribution is 2.28. The molecule has 0 bridgehead atoms. The summed E-state index contributed by atoms with van der Waals surface area (Å²) in [7, 11) is 1.35. The van der Waals surface area contributed by atoms with Crippen molar-refractivity contribution in [2.24, 2.45) is 0 Å². The number of hydrogen-bond donors (Lipinski definition) is 0. The molecular weight excluding hydrogens is 432 g/mol. The Kier molecular flexibility index (Phi) is 6.68. The molecule has 0 atom stereocenters. The van der Waals surface area contributed by atoms with Crippen LogP contribution in [0.25, 0.3) is 11.0 Å². The number of ether oxygens (including phenoxy) is 3. The van der Waals surface area contributed by atoms with Crippen molar-refractivity contribution in [3.8, 4) is 17.2 Å². The molecule has 0 saturated heterocycles. The van der Waals surface area contributed by atoms with Gasteiger partial charge in [0.05, 0.1) is 18.1 Å². The van der Waals surface area contributed by atoms with Crippen LogP contribution < -0.4 is 14.9 Å². The molecule has 0 aliphatic rings. The first kappa shape index (κ1) is 23.1. The van der Waals surface area contributed by atoms with Crippen LogP contribution in [-0.4, -0.2) is 13.1 Å². The van der Waals surface area contributed by atoms with Gasteiger partial charge in [0.25, 0.3) is 0 Å². The normalized spacial score (nSPS) is 11.0. The van der Waals surface area contributed by atoms with E-state index in [1.54, 1.807) is 49.4 Å². The number of esters is 1. The third kappa shape index (κ3) is 4.96. The number of aryl methyl sites for hydroxylation is 1. The van der Waals surface area contributed by atoms with Gasteiger partial charge in [-0.25, -0.2) is 4.79 Å². The van der Waals surface area contributed by atoms with E-state index in [1.807, 2.05) is 24.3 Å². The minimum atomic E-state index is -0.386. The minimum absolute atomic E-state index is 0.171. The third-order valence-corrected chi connectivity index (χ3v) is 5.53. The van der Waals surface area contributed by atoms with Crippen molar-refractivity contribution in [2.45, 2.75) is 33.3 Å². The maximum atomic E-state index is 13.1. The number of hydrogen-bond acceptors (Lipinski definition) is 6. The van der Waals surface area contributed by atoms with Crippen LogP contribution in [0.4, 0.5) is 0 Å². The highest BCUT2D eigenvalue weighted by molar-refractivity contribution is 5.89. The van der Waals surface area contributed by atoms with E-state index < -0.39 is 0 Å². The second kappa shape index (κ2) is 9.83. The third-order valence-electron chi connectivity index (χ3n) is 5.53. The monoisotopic (exact) mass is 458 g/mol. The SMILES string of the molecule is COC(=O)c1ccc(COc2ccc3c(=O)c(Oc4ccc(C(C)C)cc4)c(C)oc3c2)cc1. The molecule has 4 aromatic rings. The fourth-order valence-corrected chi connectivity index (χ4v) is 3.54. The van der Waals surface area contributed by atoms with Crippen LogP contribution in [0.1, 0.15) is 47.0 Å². The van der Waals surface area contributed by atoms with Crippen molar-refractivity contribution in [3.05, 3.63) is 99.4 Å². The molecule has 0 fully saturated rings. The van der Waals surface area contributed by atoms with Gasteiger partial charge in [-0.2, -0.15) is 0 Å². The first-order chi connectivity index (χ1) is 16.4. The number of carbonyl (C=O) groups is 1. The molecule has 0 saturated carbocycles.